The van der Waals surface area contributed by atoms with E-state index in [1.807, 2.05) is 27.1 Å². The van der Waals surface area contributed by atoms with Crippen molar-refractivity contribution in [2.75, 3.05) is 14.2 Å². The maximum Gasteiger partial charge on any atom is 0.317 e. The molecule has 2 saturated carbocycles. The van der Waals surface area contributed by atoms with Crippen molar-refractivity contribution in [1.29, 1.82) is 0 Å². The van der Waals surface area contributed by atoms with Crippen LogP contribution in [0.5, 0.6) is 5.75 Å². The lowest BCUT2D eigenvalue weighted by molar-refractivity contribution is 0.118. The number of carbonyl (C=O) groups excluding carboxylic acids is 1. The lowest BCUT2D eigenvalue weighted by Gasteiger charge is -2.40. The molecule has 0 unspecified atom stereocenters. The number of pyridine rings is 1. The number of rotatable bonds is 4. The largest absolute Gasteiger partial charge is 0.496 e. The molecule has 2 aliphatic carbocycles. The van der Waals surface area contributed by atoms with Crippen molar-refractivity contribution in [3.63, 3.8) is 0 Å². The molecule has 1 aromatic rings. The minimum atomic E-state index is -0.0136. The molecule has 1 N–H and O–H groups in total. The summed E-state index contributed by atoms with van der Waals surface area (Å²) in [6.45, 7) is 11.5. The molecule has 1 aromatic heterocycles. The Kier molecular flexibility index (Phi) is 4.70. The van der Waals surface area contributed by atoms with Crippen molar-refractivity contribution in [3.05, 3.63) is 23.0 Å². The number of ether oxygens (including phenoxy) is 1. The second-order valence-corrected chi connectivity index (χ2v) is 9.01. The lowest BCUT2D eigenvalue weighted by atomic mass is 9.69. The van der Waals surface area contributed by atoms with Crippen LogP contribution in [0.15, 0.2) is 6.20 Å². The van der Waals surface area contributed by atoms with E-state index in [4.69, 9.17) is 4.74 Å². The minimum Gasteiger partial charge on any atom is -0.496 e. The minimum absolute atomic E-state index is 0.0136. The Balaban J connectivity index is 1.69. The Morgan fingerprint density at radius 1 is 1.38 bits per heavy atom. The summed E-state index contributed by atoms with van der Waals surface area (Å²) in [4.78, 5) is 19.1. The van der Waals surface area contributed by atoms with Crippen LogP contribution in [0.3, 0.4) is 0 Å². The summed E-state index contributed by atoms with van der Waals surface area (Å²) in [7, 11) is 3.51. The first-order valence-corrected chi connectivity index (χ1v) is 9.62. The number of hydrogen-bond donors (Lipinski definition) is 1. The number of urea groups is 1. The Morgan fingerprint density at radius 3 is 2.62 bits per heavy atom. The van der Waals surface area contributed by atoms with E-state index >= 15 is 0 Å². The average molecular weight is 360 g/mol. The molecule has 5 heteroatoms. The molecule has 26 heavy (non-hydrogen) atoms. The van der Waals surface area contributed by atoms with Gasteiger partial charge in [-0.2, -0.15) is 0 Å². The summed E-state index contributed by atoms with van der Waals surface area (Å²) in [6.07, 6.45) is 5.40. The highest BCUT2D eigenvalue weighted by molar-refractivity contribution is 5.74. The summed E-state index contributed by atoms with van der Waals surface area (Å²) >= 11 is 0. The summed E-state index contributed by atoms with van der Waals surface area (Å²) in [5, 5.41) is 3.31. The first-order valence-electron chi connectivity index (χ1n) is 9.62. The van der Waals surface area contributed by atoms with E-state index in [0.717, 1.165) is 29.0 Å². The zero-order chi connectivity index (χ0) is 19.3. The van der Waals surface area contributed by atoms with Gasteiger partial charge in [0.05, 0.1) is 19.3 Å². The Morgan fingerprint density at radius 2 is 2.08 bits per heavy atom. The highest BCUT2D eigenvalue weighted by Crippen LogP contribution is 2.65. The lowest BCUT2D eigenvalue weighted by Crippen LogP contribution is -2.50. The highest BCUT2D eigenvalue weighted by Gasteiger charge is 2.61. The zero-order valence-electron chi connectivity index (χ0n) is 17.3. The van der Waals surface area contributed by atoms with E-state index in [1.54, 1.807) is 12.0 Å². The van der Waals surface area contributed by atoms with Gasteiger partial charge < -0.3 is 15.0 Å². The van der Waals surface area contributed by atoms with Crippen molar-refractivity contribution in [2.24, 2.45) is 16.7 Å². The van der Waals surface area contributed by atoms with Crippen LogP contribution in [-0.2, 0) is 6.54 Å². The number of aryl methyl sites for hydroxylation is 1. The first-order chi connectivity index (χ1) is 12.1. The fourth-order valence-electron chi connectivity index (χ4n) is 5.21. The van der Waals surface area contributed by atoms with Crippen molar-refractivity contribution < 1.29 is 9.53 Å². The normalized spacial score (nSPS) is 28.9. The average Bonchev–Trinajstić information content (AvgIpc) is 2.91. The third kappa shape index (κ3) is 2.76. The third-order valence-corrected chi connectivity index (χ3v) is 7.58. The molecule has 144 valence electrons. The Labute approximate surface area is 157 Å². The third-order valence-electron chi connectivity index (χ3n) is 7.58. The monoisotopic (exact) mass is 359 g/mol. The Hall–Kier alpha value is -1.78. The molecule has 2 bridgehead atoms. The molecule has 1 heterocycles. The van der Waals surface area contributed by atoms with Crippen molar-refractivity contribution in [2.45, 2.75) is 66.5 Å². The first kappa shape index (κ1) is 19.0. The standard InChI is InChI=1S/C21H33N3O2/c1-13-11-22-16(14(2)18(13)26-7)12-24(6)19(25)23-17-10-15-8-9-21(17,5)20(15,3)4/h11,15,17H,8-10,12H2,1-7H3,(H,23,25)/t15-,17-,21-/m1/s1. The topological polar surface area (TPSA) is 54.5 Å². The van der Waals surface area contributed by atoms with Gasteiger partial charge in [-0.1, -0.05) is 20.8 Å². The summed E-state index contributed by atoms with van der Waals surface area (Å²) < 4.78 is 5.48. The fourth-order valence-corrected chi connectivity index (χ4v) is 5.21. The molecule has 2 amide bonds. The quantitative estimate of drug-likeness (QED) is 0.882. The van der Waals surface area contributed by atoms with E-state index in [2.05, 4.69) is 31.1 Å². The van der Waals surface area contributed by atoms with Crippen LogP contribution in [0.25, 0.3) is 0 Å². The second-order valence-electron chi connectivity index (χ2n) is 9.01. The zero-order valence-corrected chi connectivity index (χ0v) is 17.3. The molecule has 0 aromatic carbocycles. The fraction of sp³-hybridized carbons (Fsp3) is 0.714. The molecule has 2 aliphatic rings. The van der Waals surface area contributed by atoms with Gasteiger partial charge in [0, 0.05) is 30.4 Å². The summed E-state index contributed by atoms with van der Waals surface area (Å²) in [5.74, 6) is 1.57. The molecule has 0 spiro atoms. The van der Waals surface area contributed by atoms with Crippen molar-refractivity contribution in [3.8, 4) is 5.75 Å². The van der Waals surface area contributed by atoms with E-state index in [0.29, 0.717) is 17.9 Å². The van der Waals surface area contributed by atoms with Gasteiger partial charge in [0.25, 0.3) is 0 Å². The van der Waals surface area contributed by atoms with Crippen molar-refractivity contribution >= 4 is 6.03 Å². The molecule has 0 saturated heterocycles. The number of nitrogens with zero attached hydrogens (tertiary/aromatic N) is 2. The molecule has 3 atom stereocenters. The number of aromatic nitrogens is 1. The van der Waals surface area contributed by atoms with E-state index in [1.165, 1.54) is 12.8 Å². The van der Waals surface area contributed by atoms with Gasteiger partial charge in [0.15, 0.2) is 0 Å². The maximum atomic E-state index is 12.8. The van der Waals surface area contributed by atoms with Crippen LogP contribution in [0.1, 0.15) is 56.9 Å². The predicted molar refractivity (Wildman–Crippen MR) is 103 cm³/mol. The number of amides is 2. The number of carbonyl (C=O) groups is 1. The van der Waals surface area contributed by atoms with Crippen molar-refractivity contribution in [1.82, 2.24) is 15.2 Å². The second kappa shape index (κ2) is 6.43. The van der Waals surface area contributed by atoms with Gasteiger partial charge >= 0.3 is 6.03 Å². The van der Waals surface area contributed by atoms with E-state index in [-0.39, 0.29) is 17.5 Å². The Bertz CT molecular complexity index is 715. The van der Waals surface area contributed by atoms with Crippen LogP contribution in [0.2, 0.25) is 0 Å². The predicted octanol–water partition coefficient (Wildman–Crippen LogP) is 4.06. The smallest absolute Gasteiger partial charge is 0.317 e. The van der Waals surface area contributed by atoms with Gasteiger partial charge in [-0.05, 0) is 49.9 Å². The van der Waals surface area contributed by atoms with Crippen LogP contribution in [0.4, 0.5) is 4.79 Å². The van der Waals surface area contributed by atoms with Crippen LogP contribution < -0.4 is 10.1 Å². The number of fused-ring (bicyclic) bond motifs is 2. The molecule has 0 aliphatic heterocycles. The van der Waals surface area contributed by atoms with E-state index in [9.17, 15) is 4.79 Å². The molecule has 3 rings (SSSR count). The maximum absolute atomic E-state index is 12.8. The molecule has 5 nitrogen and oxygen atoms in total. The van der Waals surface area contributed by atoms with Gasteiger partial charge in [-0.25, -0.2) is 4.79 Å². The van der Waals surface area contributed by atoms with E-state index < -0.39 is 0 Å². The SMILES string of the molecule is COc1c(C)cnc(CN(C)C(=O)N[C@@H]2C[C@H]3CC[C@@]2(C)C3(C)C)c1C. The van der Waals surface area contributed by atoms with Gasteiger partial charge in [0.1, 0.15) is 5.75 Å². The number of nitrogens with one attached hydrogen (secondary N) is 1. The highest BCUT2D eigenvalue weighted by atomic mass is 16.5. The van der Waals surface area contributed by atoms with Gasteiger partial charge in [0.2, 0.25) is 0 Å². The molecule has 0 radical (unpaired) electrons. The summed E-state index contributed by atoms with van der Waals surface area (Å²) in [6, 6.07) is 0.244. The number of methoxy groups -OCH3 is 1. The molecular weight excluding hydrogens is 326 g/mol. The van der Waals surface area contributed by atoms with Gasteiger partial charge in [-0.15, -0.1) is 0 Å². The van der Waals surface area contributed by atoms with Crippen LogP contribution in [0, 0.1) is 30.6 Å². The molecule has 2 fully saturated rings. The summed E-state index contributed by atoms with van der Waals surface area (Å²) in [5.41, 5.74) is 3.38. The number of hydrogen-bond acceptors (Lipinski definition) is 3. The molecular formula is C21H33N3O2. The van der Waals surface area contributed by atoms with Crippen LogP contribution in [-0.4, -0.2) is 36.1 Å². The van der Waals surface area contributed by atoms with Crippen LogP contribution >= 0.6 is 0 Å². The van der Waals surface area contributed by atoms with Gasteiger partial charge in [-0.3, -0.25) is 4.98 Å².